The molecule has 0 aromatic rings. The van der Waals surface area contributed by atoms with Gasteiger partial charge in [-0.05, 0) is 78.6 Å². The lowest BCUT2D eigenvalue weighted by Crippen LogP contribution is -2.70. The molecule has 6 aliphatic rings. The summed E-state index contributed by atoms with van der Waals surface area (Å²) in [5.41, 5.74) is -4.26. The summed E-state index contributed by atoms with van der Waals surface area (Å²) in [5.74, 6) is -2.49. The number of fused-ring (bicyclic) bond motifs is 7. The van der Waals surface area contributed by atoms with Crippen LogP contribution in [0.5, 0.6) is 0 Å². The van der Waals surface area contributed by atoms with E-state index in [4.69, 9.17) is 9.47 Å². The molecule has 8 N–H and O–H groups in total. The molecule has 12 nitrogen and oxygen atoms in total. The Morgan fingerprint density at radius 2 is 1.52 bits per heavy atom. The zero-order valence-corrected chi connectivity index (χ0v) is 29.0. The minimum atomic E-state index is -1.78. The fraction of sp³-hybridized carbons (Fsp3) is 0.889. The molecular weight excluding hydrogens is 624 g/mol. The van der Waals surface area contributed by atoms with E-state index in [0.717, 1.165) is 0 Å². The van der Waals surface area contributed by atoms with Gasteiger partial charge in [0.25, 0.3) is 0 Å². The highest BCUT2D eigenvalue weighted by Gasteiger charge is 2.73. The van der Waals surface area contributed by atoms with Crippen LogP contribution in [0.25, 0.3) is 0 Å². The zero-order valence-electron chi connectivity index (χ0n) is 29.0. The summed E-state index contributed by atoms with van der Waals surface area (Å²) < 4.78 is 11.3. The first-order valence-corrected chi connectivity index (χ1v) is 17.6. The van der Waals surface area contributed by atoms with Crippen molar-refractivity contribution in [3.8, 4) is 0 Å². The molecule has 5 fully saturated rings. The number of carbonyl (C=O) groups is 2. The number of aliphatic hydroxyl groups is 8. The third-order valence-electron chi connectivity index (χ3n) is 15.2. The van der Waals surface area contributed by atoms with E-state index in [9.17, 15) is 50.4 Å². The third kappa shape index (κ3) is 4.59. The number of ketones is 1. The van der Waals surface area contributed by atoms with Crippen LogP contribution in [0, 0.1) is 50.2 Å². The largest absolute Gasteiger partial charge is 0.432 e. The lowest BCUT2D eigenvalue weighted by atomic mass is 9.33. The summed E-state index contributed by atoms with van der Waals surface area (Å²) in [6.45, 7) is 10.9. The van der Waals surface area contributed by atoms with Gasteiger partial charge in [0, 0.05) is 17.3 Å². The fourth-order valence-corrected chi connectivity index (χ4v) is 12.0. The van der Waals surface area contributed by atoms with Crippen LogP contribution in [0.4, 0.5) is 0 Å². The topological polar surface area (TPSA) is 214 Å². The summed E-state index contributed by atoms with van der Waals surface area (Å²) in [6, 6.07) is 0. The van der Waals surface area contributed by atoms with Gasteiger partial charge in [-0.3, -0.25) is 9.59 Å². The molecule has 1 heterocycles. The Balaban J connectivity index is 1.42. The number of hydrogen-bond donors (Lipinski definition) is 8. The zero-order chi connectivity index (χ0) is 35.6. The van der Waals surface area contributed by atoms with Crippen molar-refractivity contribution in [3.05, 3.63) is 11.6 Å². The van der Waals surface area contributed by atoms with Crippen LogP contribution >= 0.6 is 0 Å². The number of carbonyl (C=O) groups excluding carboxylic acids is 2. The second-order valence-electron chi connectivity index (χ2n) is 17.8. The molecule has 0 bridgehead atoms. The van der Waals surface area contributed by atoms with Gasteiger partial charge in [-0.25, -0.2) is 0 Å². The van der Waals surface area contributed by atoms with Gasteiger partial charge in [0.1, 0.15) is 24.4 Å². The molecule has 5 aliphatic carbocycles. The van der Waals surface area contributed by atoms with Crippen LogP contribution in [0.3, 0.4) is 0 Å². The Morgan fingerprint density at radius 1 is 0.875 bits per heavy atom. The van der Waals surface area contributed by atoms with Crippen LogP contribution in [0.1, 0.15) is 86.5 Å². The van der Waals surface area contributed by atoms with Crippen molar-refractivity contribution in [1.29, 1.82) is 0 Å². The average Bonchev–Trinajstić information content (AvgIpc) is 3.02. The number of esters is 1. The highest BCUT2D eigenvalue weighted by atomic mass is 16.7. The summed E-state index contributed by atoms with van der Waals surface area (Å²) in [4.78, 5) is 29.1. The van der Waals surface area contributed by atoms with E-state index in [1.165, 1.54) is 0 Å². The van der Waals surface area contributed by atoms with Gasteiger partial charge < -0.3 is 50.3 Å². The molecule has 0 radical (unpaired) electrons. The highest BCUT2D eigenvalue weighted by Crippen LogP contribution is 2.75. The summed E-state index contributed by atoms with van der Waals surface area (Å²) in [6.07, 6.45) is -6.71. The number of hydrogen-bond acceptors (Lipinski definition) is 12. The lowest BCUT2D eigenvalue weighted by Gasteiger charge is -2.71. The summed E-state index contributed by atoms with van der Waals surface area (Å²) >= 11 is 0. The highest BCUT2D eigenvalue weighted by molar-refractivity contribution is 5.96. The van der Waals surface area contributed by atoms with E-state index in [-0.39, 0.29) is 24.7 Å². The molecule has 0 spiro atoms. The number of allylic oxidation sites excluding steroid dienone is 1. The normalized spacial score (nSPS) is 54.6. The standard InChI is InChI=1S/C36H56O12/c1-31(2)9-11-36(30(46)48-29-25(43)24(42)23(41)20(15-37)47-29)12-10-34(5)17(22(36)28(31)45)13-18(39)26-32(3)14-19(40)27(44)33(4,16-38)21(32)7-8-35(26,34)6/h13,19-29,37-38,40-45H,7-12,14-16H2,1-6H3/t19-,20-,21-,22-,23+,24+,25+,26-,27+,28-,29+,32+,33-,34-,35-,36+/m1/s1. The van der Waals surface area contributed by atoms with Crippen LogP contribution in [-0.4, -0.2) is 115 Å². The van der Waals surface area contributed by atoms with Crippen LogP contribution in [0.15, 0.2) is 11.6 Å². The number of rotatable bonds is 4. The molecule has 6 rings (SSSR count). The first kappa shape index (κ1) is 36.3. The van der Waals surface area contributed by atoms with Gasteiger partial charge in [0.05, 0.1) is 36.9 Å². The molecular formula is C36H56O12. The van der Waals surface area contributed by atoms with Crippen molar-refractivity contribution in [2.75, 3.05) is 13.2 Å². The van der Waals surface area contributed by atoms with Crippen molar-refractivity contribution in [2.24, 2.45) is 50.2 Å². The van der Waals surface area contributed by atoms with Gasteiger partial charge in [0.15, 0.2) is 5.78 Å². The Morgan fingerprint density at radius 3 is 2.15 bits per heavy atom. The summed E-state index contributed by atoms with van der Waals surface area (Å²) in [5, 5.41) is 85.8. The Hall–Kier alpha value is -1.48. The predicted octanol–water partition coefficient (Wildman–Crippen LogP) is 0.585. The van der Waals surface area contributed by atoms with E-state index >= 15 is 0 Å². The van der Waals surface area contributed by atoms with Crippen molar-refractivity contribution in [2.45, 2.75) is 136 Å². The average molecular weight is 681 g/mol. The third-order valence-corrected chi connectivity index (χ3v) is 15.2. The van der Waals surface area contributed by atoms with Gasteiger partial charge >= 0.3 is 5.97 Å². The first-order valence-electron chi connectivity index (χ1n) is 17.6. The summed E-state index contributed by atoms with van der Waals surface area (Å²) in [7, 11) is 0. The molecule has 1 saturated heterocycles. The minimum Gasteiger partial charge on any atom is -0.432 e. The maximum absolute atomic E-state index is 14.7. The SMILES string of the molecule is CC1(C)CC[C@]2(C(=O)O[C@@H]3O[C@H](CO)[C@H](O)[C@H](O)[C@@H]3O)CC[C@]3(C)C(=CC(=O)[C@@H]4[C@@]5(C)C[C@@H](O)[C@H](O)[C@](C)(CO)[C@@H]5CC[C@]43C)[C@@H]2[C@H]1O. The second-order valence-corrected chi connectivity index (χ2v) is 17.8. The molecule has 0 unspecified atom stereocenters. The molecule has 48 heavy (non-hydrogen) atoms. The van der Waals surface area contributed by atoms with E-state index < -0.39 is 106 Å². The van der Waals surface area contributed by atoms with E-state index in [2.05, 4.69) is 13.8 Å². The molecule has 12 heteroatoms. The molecule has 16 atom stereocenters. The van der Waals surface area contributed by atoms with Crippen molar-refractivity contribution >= 4 is 11.8 Å². The van der Waals surface area contributed by atoms with Crippen LogP contribution in [0.2, 0.25) is 0 Å². The molecule has 0 amide bonds. The monoisotopic (exact) mass is 680 g/mol. The van der Waals surface area contributed by atoms with Gasteiger partial charge in [-0.2, -0.15) is 0 Å². The maximum Gasteiger partial charge on any atom is 0.315 e. The van der Waals surface area contributed by atoms with Crippen molar-refractivity contribution in [1.82, 2.24) is 0 Å². The molecule has 0 aromatic heterocycles. The Labute approximate surface area is 282 Å². The quantitative estimate of drug-likeness (QED) is 0.192. The second kappa shape index (κ2) is 11.5. The maximum atomic E-state index is 14.7. The fourth-order valence-electron chi connectivity index (χ4n) is 12.0. The first-order chi connectivity index (χ1) is 22.2. The molecule has 4 saturated carbocycles. The van der Waals surface area contributed by atoms with Gasteiger partial charge in [-0.1, -0.05) is 47.1 Å². The molecule has 1 aliphatic heterocycles. The van der Waals surface area contributed by atoms with E-state index in [1.807, 2.05) is 20.8 Å². The van der Waals surface area contributed by atoms with Crippen LogP contribution in [-0.2, 0) is 19.1 Å². The smallest absolute Gasteiger partial charge is 0.315 e. The Kier molecular flexibility index (Phi) is 8.71. The van der Waals surface area contributed by atoms with Crippen LogP contribution < -0.4 is 0 Å². The van der Waals surface area contributed by atoms with Crippen molar-refractivity contribution in [3.63, 3.8) is 0 Å². The van der Waals surface area contributed by atoms with Crippen molar-refractivity contribution < 1.29 is 59.9 Å². The minimum absolute atomic E-state index is 0.158. The van der Waals surface area contributed by atoms with Gasteiger partial charge in [0.2, 0.25) is 6.29 Å². The van der Waals surface area contributed by atoms with Gasteiger partial charge in [-0.15, -0.1) is 0 Å². The predicted molar refractivity (Wildman–Crippen MR) is 169 cm³/mol. The molecule has 0 aromatic carbocycles. The lowest BCUT2D eigenvalue weighted by molar-refractivity contribution is -0.298. The number of ether oxygens (including phenoxy) is 2. The van der Waals surface area contributed by atoms with E-state index in [0.29, 0.717) is 44.1 Å². The molecule has 272 valence electrons. The Bertz CT molecular complexity index is 1350. The van der Waals surface area contributed by atoms with E-state index in [1.54, 1.807) is 13.0 Å². The number of aliphatic hydroxyl groups excluding tert-OH is 8.